The van der Waals surface area contributed by atoms with Crippen molar-refractivity contribution in [1.82, 2.24) is 5.32 Å². The quantitative estimate of drug-likeness (QED) is 0.753. The predicted octanol–water partition coefficient (Wildman–Crippen LogP) is 1.56. The molecule has 1 fully saturated rings. The maximum absolute atomic E-state index is 11.6. The van der Waals surface area contributed by atoms with Crippen LogP contribution < -0.4 is 16.4 Å². The molecule has 4 N–H and O–H groups in total. The summed E-state index contributed by atoms with van der Waals surface area (Å²) in [5.74, 6) is 0. The number of amides is 2. The number of nitriles is 1. The molecule has 0 radical (unpaired) electrons. The smallest absolute Gasteiger partial charge is 0.319 e. The summed E-state index contributed by atoms with van der Waals surface area (Å²) in [6.07, 6.45) is 3.06. The second kappa shape index (κ2) is 5.07. The van der Waals surface area contributed by atoms with E-state index in [0.29, 0.717) is 17.8 Å². The molecule has 1 aromatic carbocycles. The number of hydrogen-bond acceptors (Lipinski definition) is 3. The third-order valence-corrected chi connectivity index (χ3v) is 3.22. The van der Waals surface area contributed by atoms with Crippen LogP contribution >= 0.6 is 0 Å². The van der Waals surface area contributed by atoms with Crippen LogP contribution in [-0.4, -0.2) is 18.1 Å². The summed E-state index contributed by atoms with van der Waals surface area (Å²) in [5, 5.41) is 14.1. The van der Waals surface area contributed by atoms with Crippen LogP contribution in [0, 0.1) is 11.3 Å². The zero-order chi connectivity index (χ0) is 13.0. The molecule has 2 rings (SSSR count). The lowest BCUT2D eigenvalue weighted by atomic mass is 9.78. The molecule has 1 aliphatic rings. The fourth-order valence-corrected chi connectivity index (χ4v) is 1.87. The van der Waals surface area contributed by atoms with Gasteiger partial charge in [-0.05, 0) is 43.5 Å². The van der Waals surface area contributed by atoms with E-state index in [1.807, 2.05) is 6.07 Å². The van der Waals surface area contributed by atoms with Crippen molar-refractivity contribution in [2.45, 2.75) is 24.8 Å². The van der Waals surface area contributed by atoms with Crippen molar-refractivity contribution in [3.05, 3.63) is 29.8 Å². The van der Waals surface area contributed by atoms with Crippen LogP contribution in [0.25, 0.3) is 0 Å². The summed E-state index contributed by atoms with van der Waals surface area (Å²) in [4.78, 5) is 11.6. The standard InChI is InChI=1S/C13H16N4O/c14-8-10-2-4-11(5-3-10)17-12(18)16-9-13(15)6-1-7-13/h2-5H,1,6-7,9,15H2,(H2,16,17,18). The Labute approximate surface area is 106 Å². The molecule has 1 aliphatic carbocycles. The summed E-state index contributed by atoms with van der Waals surface area (Å²) in [7, 11) is 0. The molecule has 0 atom stereocenters. The number of hydrogen-bond donors (Lipinski definition) is 3. The maximum Gasteiger partial charge on any atom is 0.319 e. The summed E-state index contributed by atoms with van der Waals surface area (Å²) in [6, 6.07) is 8.46. The van der Waals surface area contributed by atoms with E-state index in [2.05, 4.69) is 10.6 Å². The molecule has 0 unspecified atom stereocenters. The van der Waals surface area contributed by atoms with Gasteiger partial charge in [0, 0.05) is 17.8 Å². The number of nitrogens with one attached hydrogen (secondary N) is 2. The lowest BCUT2D eigenvalue weighted by Crippen LogP contribution is -2.55. The van der Waals surface area contributed by atoms with E-state index < -0.39 is 0 Å². The van der Waals surface area contributed by atoms with Gasteiger partial charge in [-0.1, -0.05) is 0 Å². The first kappa shape index (κ1) is 12.4. The van der Waals surface area contributed by atoms with Gasteiger partial charge < -0.3 is 16.4 Å². The van der Waals surface area contributed by atoms with Crippen LogP contribution in [0.1, 0.15) is 24.8 Å². The lowest BCUT2D eigenvalue weighted by molar-refractivity contribution is 0.225. The van der Waals surface area contributed by atoms with Crippen molar-refractivity contribution >= 4 is 11.7 Å². The van der Waals surface area contributed by atoms with Gasteiger partial charge in [-0.25, -0.2) is 4.79 Å². The summed E-state index contributed by atoms with van der Waals surface area (Å²) in [6.45, 7) is 0.495. The second-order valence-electron chi connectivity index (χ2n) is 4.71. The first-order valence-corrected chi connectivity index (χ1v) is 5.95. The Balaban J connectivity index is 1.81. The van der Waals surface area contributed by atoms with Gasteiger partial charge in [0.2, 0.25) is 0 Å². The van der Waals surface area contributed by atoms with Gasteiger partial charge in [0.1, 0.15) is 0 Å². The van der Waals surface area contributed by atoms with Crippen molar-refractivity contribution in [2.24, 2.45) is 5.73 Å². The van der Waals surface area contributed by atoms with E-state index in [0.717, 1.165) is 19.3 Å². The summed E-state index contributed by atoms with van der Waals surface area (Å²) >= 11 is 0. The third-order valence-electron chi connectivity index (χ3n) is 3.22. The molecule has 1 aromatic rings. The van der Waals surface area contributed by atoms with Crippen LogP contribution in [0.5, 0.6) is 0 Å². The number of benzene rings is 1. The highest BCUT2D eigenvalue weighted by Gasteiger charge is 2.32. The molecule has 0 aliphatic heterocycles. The van der Waals surface area contributed by atoms with E-state index in [1.165, 1.54) is 0 Å². The Morgan fingerprint density at radius 1 is 1.39 bits per heavy atom. The van der Waals surface area contributed by atoms with Crippen molar-refractivity contribution in [1.29, 1.82) is 5.26 Å². The van der Waals surface area contributed by atoms with Crippen molar-refractivity contribution < 1.29 is 4.79 Å². The molecule has 1 saturated carbocycles. The average molecular weight is 244 g/mol. The van der Waals surface area contributed by atoms with E-state index in [9.17, 15) is 4.79 Å². The van der Waals surface area contributed by atoms with Crippen molar-refractivity contribution in [3.8, 4) is 6.07 Å². The number of carbonyl (C=O) groups is 1. The highest BCUT2D eigenvalue weighted by Crippen LogP contribution is 2.27. The zero-order valence-electron chi connectivity index (χ0n) is 10.1. The van der Waals surface area contributed by atoms with E-state index in [4.69, 9.17) is 11.0 Å². The normalized spacial score (nSPS) is 16.2. The highest BCUT2D eigenvalue weighted by molar-refractivity contribution is 5.89. The SMILES string of the molecule is N#Cc1ccc(NC(=O)NCC2(N)CCC2)cc1. The number of anilines is 1. The number of urea groups is 1. The van der Waals surface area contributed by atoms with Gasteiger partial charge >= 0.3 is 6.03 Å². The van der Waals surface area contributed by atoms with Gasteiger partial charge in [-0.15, -0.1) is 0 Å². The minimum atomic E-state index is -0.267. The summed E-state index contributed by atoms with van der Waals surface area (Å²) < 4.78 is 0. The molecule has 5 nitrogen and oxygen atoms in total. The minimum absolute atomic E-state index is 0.220. The Morgan fingerprint density at radius 2 is 2.06 bits per heavy atom. The zero-order valence-corrected chi connectivity index (χ0v) is 10.1. The predicted molar refractivity (Wildman–Crippen MR) is 68.9 cm³/mol. The molecular formula is C13H16N4O. The van der Waals surface area contributed by atoms with Crippen LogP contribution in [0.2, 0.25) is 0 Å². The number of nitrogens with two attached hydrogens (primary N) is 1. The molecule has 0 bridgehead atoms. The molecule has 94 valence electrons. The van der Waals surface area contributed by atoms with E-state index in [1.54, 1.807) is 24.3 Å². The fourth-order valence-electron chi connectivity index (χ4n) is 1.87. The van der Waals surface area contributed by atoms with Gasteiger partial charge in [-0.3, -0.25) is 0 Å². The van der Waals surface area contributed by atoms with Crippen molar-refractivity contribution in [3.63, 3.8) is 0 Å². The Morgan fingerprint density at radius 3 is 2.56 bits per heavy atom. The van der Waals surface area contributed by atoms with E-state index >= 15 is 0 Å². The number of nitrogens with zero attached hydrogens (tertiary/aromatic N) is 1. The highest BCUT2D eigenvalue weighted by atomic mass is 16.2. The average Bonchev–Trinajstić information content (AvgIpc) is 2.35. The first-order valence-electron chi connectivity index (χ1n) is 5.95. The first-order chi connectivity index (χ1) is 8.61. The van der Waals surface area contributed by atoms with Crippen LogP contribution in [0.4, 0.5) is 10.5 Å². The molecule has 5 heteroatoms. The van der Waals surface area contributed by atoms with Crippen molar-refractivity contribution in [2.75, 3.05) is 11.9 Å². The molecule has 18 heavy (non-hydrogen) atoms. The second-order valence-corrected chi connectivity index (χ2v) is 4.71. The van der Waals surface area contributed by atoms with Gasteiger partial charge in [0.25, 0.3) is 0 Å². The largest absolute Gasteiger partial charge is 0.336 e. The van der Waals surface area contributed by atoms with E-state index in [-0.39, 0.29) is 11.6 Å². The van der Waals surface area contributed by atoms with Crippen LogP contribution in [0.3, 0.4) is 0 Å². The monoisotopic (exact) mass is 244 g/mol. The van der Waals surface area contributed by atoms with Crippen LogP contribution in [0.15, 0.2) is 24.3 Å². The lowest BCUT2D eigenvalue weighted by Gasteiger charge is -2.38. The van der Waals surface area contributed by atoms with Gasteiger partial charge in [0.15, 0.2) is 0 Å². The molecule has 0 heterocycles. The maximum atomic E-state index is 11.6. The number of carbonyl (C=O) groups excluding carboxylic acids is 1. The number of rotatable bonds is 3. The Bertz CT molecular complexity index is 471. The fraction of sp³-hybridized carbons (Fsp3) is 0.385. The Kier molecular flexibility index (Phi) is 3.49. The molecule has 0 saturated heterocycles. The topological polar surface area (TPSA) is 90.9 Å². The molecule has 0 spiro atoms. The molecule has 2 amide bonds. The molecule has 0 aromatic heterocycles. The molecular weight excluding hydrogens is 228 g/mol. The van der Waals surface area contributed by atoms with Gasteiger partial charge in [0.05, 0.1) is 11.6 Å². The third kappa shape index (κ3) is 2.99. The van der Waals surface area contributed by atoms with Crippen LogP contribution in [-0.2, 0) is 0 Å². The van der Waals surface area contributed by atoms with Gasteiger partial charge in [-0.2, -0.15) is 5.26 Å². The minimum Gasteiger partial charge on any atom is -0.336 e. The Hall–Kier alpha value is -2.06. The summed E-state index contributed by atoms with van der Waals surface area (Å²) in [5.41, 5.74) is 7.01.